The van der Waals surface area contributed by atoms with Crippen molar-refractivity contribution in [2.45, 2.75) is 37.5 Å². The summed E-state index contributed by atoms with van der Waals surface area (Å²) in [7, 11) is 0. The van der Waals surface area contributed by atoms with Crippen molar-refractivity contribution in [3.63, 3.8) is 0 Å². The normalized spacial score (nSPS) is 24.5. The molecule has 4 atom stereocenters. The Labute approximate surface area is 167 Å². The fraction of sp³-hybridized carbons (Fsp3) is 0.333. The zero-order chi connectivity index (χ0) is 20.0. The molecule has 0 aromatic carbocycles. The van der Waals surface area contributed by atoms with Gasteiger partial charge >= 0.3 is 0 Å². The number of aryl methyl sites for hydroxylation is 1. The Hall–Kier alpha value is -3.10. The average molecular weight is 390 g/mol. The van der Waals surface area contributed by atoms with Gasteiger partial charge in [0.1, 0.15) is 23.9 Å². The average Bonchev–Trinajstić information content (AvgIpc) is 3.29. The molecule has 0 radical (unpaired) electrons. The highest BCUT2D eigenvalue weighted by atomic mass is 16.3. The highest BCUT2D eigenvalue weighted by Crippen LogP contribution is 2.39. The standard InChI is InChI=1S/C21H22N6O2/c22-20-14-5-7-27(21(14)26-11-25-20)17-9-13(18(28)19(17)29)4-3-12-8-16-15(24-10-12)2-1-6-23-16/h1-2,5-8,10-11,13,17-19,28-29H,3-4,9H2,(H2,22,25,26)/t13-,17+,18+,19-/m0/s1. The molecule has 0 aliphatic heterocycles. The molecule has 1 aliphatic carbocycles. The van der Waals surface area contributed by atoms with Gasteiger partial charge in [-0.05, 0) is 55.0 Å². The number of rotatable bonds is 4. The predicted molar refractivity (Wildman–Crippen MR) is 109 cm³/mol. The smallest absolute Gasteiger partial charge is 0.145 e. The number of anilines is 1. The number of pyridine rings is 2. The largest absolute Gasteiger partial charge is 0.390 e. The summed E-state index contributed by atoms with van der Waals surface area (Å²) in [6.45, 7) is 0. The van der Waals surface area contributed by atoms with Crippen LogP contribution >= 0.6 is 0 Å². The van der Waals surface area contributed by atoms with E-state index in [0.717, 1.165) is 34.8 Å². The van der Waals surface area contributed by atoms with Gasteiger partial charge in [-0.25, -0.2) is 9.97 Å². The second-order valence-electron chi connectivity index (χ2n) is 7.69. The molecule has 5 rings (SSSR count). The van der Waals surface area contributed by atoms with Crippen LogP contribution in [0.15, 0.2) is 49.2 Å². The first kappa shape index (κ1) is 18.0. The highest BCUT2D eigenvalue weighted by Gasteiger charge is 2.42. The van der Waals surface area contributed by atoms with Gasteiger partial charge in [-0.15, -0.1) is 0 Å². The van der Waals surface area contributed by atoms with Gasteiger partial charge in [0.15, 0.2) is 0 Å². The van der Waals surface area contributed by atoms with Crippen LogP contribution in [0.1, 0.15) is 24.4 Å². The number of aliphatic hydroxyl groups is 2. The van der Waals surface area contributed by atoms with Crippen LogP contribution in [0.4, 0.5) is 5.82 Å². The van der Waals surface area contributed by atoms with E-state index in [-0.39, 0.29) is 12.0 Å². The summed E-state index contributed by atoms with van der Waals surface area (Å²) in [6, 6.07) is 7.44. The summed E-state index contributed by atoms with van der Waals surface area (Å²) in [5.41, 5.74) is 9.41. The third kappa shape index (κ3) is 3.10. The maximum absolute atomic E-state index is 10.7. The SMILES string of the molecule is Nc1ncnc2c1ccn2[C@@H]1C[C@H](CCc2cnc3cccnc3c2)[C@@H](O)[C@H]1O. The van der Waals surface area contributed by atoms with Crippen LogP contribution in [0.3, 0.4) is 0 Å². The van der Waals surface area contributed by atoms with Gasteiger partial charge in [0, 0.05) is 18.6 Å². The maximum atomic E-state index is 10.7. The fourth-order valence-corrected chi connectivity index (χ4v) is 4.40. The number of hydrogen-bond acceptors (Lipinski definition) is 7. The van der Waals surface area contributed by atoms with E-state index in [1.54, 1.807) is 6.20 Å². The van der Waals surface area contributed by atoms with Gasteiger partial charge in [-0.2, -0.15) is 0 Å². The van der Waals surface area contributed by atoms with Crippen molar-refractivity contribution >= 4 is 27.9 Å². The van der Waals surface area contributed by atoms with Crippen molar-refractivity contribution in [2.24, 2.45) is 5.92 Å². The van der Waals surface area contributed by atoms with E-state index in [9.17, 15) is 10.2 Å². The minimum atomic E-state index is -0.858. The molecule has 4 N–H and O–H groups in total. The lowest BCUT2D eigenvalue weighted by atomic mass is 9.96. The van der Waals surface area contributed by atoms with Crippen molar-refractivity contribution in [1.29, 1.82) is 0 Å². The summed E-state index contributed by atoms with van der Waals surface area (Å²) >= 11 is 0. The Kier molecular flexibility index (Phi) is 4.37. The van der Waals surface area contributed by atoms with E-state index in [1.165, 1.54) is 6.33 Å². The van der Waals surface area contributed by atoms with Crippen molar-refractivity contribution in [2.75, 3.05) is 5.73 Å². The molecule has 1 fully saturated rings. The maximum Gasteiger partial charge on any atom is 0.145 e. The molecule has 8 nitrogen and oxygen atoms in total. The Morgan fingerprint density at radius 3 is 2.86 bits per heavy atom. The van der Waals surface area contributed by atoms with E-state index in [0.29, 0.717) is 17.9 Å². The Bertz CT molecular complexity index is 1180. The van der Waals surface area contributed by atoms with Gasteiger partial charge in [0.25, 0.3) is 0 Å². The zero-order valence-electron chi connectivity index (χ0n) is 15.8. The molecule has 148 valence electrons. The number of nitrogens with zero attached hydrogens (tertiary/aromatic N) is 5. The van der Waals surface area contributed by atoms with Crippen molar-refractivity contribution in [3.05, 3.63) is 54.7 Å². The summed E-state index contributed by atoms with van der Waals surface area (Å²) in [5.74, 6) is 0.391. The number of nitrogens with two attached hydrogens (primary N) is 1. The zero-order valence-corrected chi connectivity index (χ0v) is 15.8. The first-order chi connectivity index (χ1) is 14.1. The molecule has 4 heterocycles. The number of hydrogen-bond donors (Lipinski definition) is 3. The molecule has 0 spiro atoms. The molecule has 0 unspecified atom stereocenters. The van der Waals surface area contributed by atoms with Gasteiger partial charge in [-0.1, -0.05) is 0 Å². The molecular formula is C21H22N6O2. The minimum absolute atomic E-state index is 0.0222. The quantitative estimate of drug-likeness (QED) is 0.486. The van der Waals surface area contributed by atoms with Crippen LogP contribution in [0.25, 0.3) is 22.1 Å². The number of aromatic nitrogens is 5. The van der Waals surface area contributed by atoms with E-state index in [2.05, 4.69) is 19.9 Å². The summed E-state index contributed by atoms with van der Waals surface area (Å²) < 4.78 is 1.91. The lowest BCUT2D eigenvalue weighted by Crippen LogP contribution is -2.29. The third-order valence-electron chi connectivity index (χ3n) is 5.98. The van der Waals surface area contributed by atoms with Crippen LogP contribution in [0.5, 0.6) is 0 Å². The van der Waals surface area contributed by atoms with Crippen LogP contribution in [-0.4, -0.2) is 46.9 Å². The number of nitrogen functional groups attached to an aromatic ring is 1. The first-order valence-electron chi connectivity index (χ1n) is 9.74. The lowest BCUT2D eigenvalue weighted by Gasteiger charge is -2.19. The molecular weight excluding hydrogens is 368 g/mol. The summed E-state index contributed by atoms with van der Waals surface area (Å²) in [5, 5.41) is 22.1. The van der Waals surface area contributed by atoms with Crippen molar-refractivity contribution in [3.8, 4) is 0 Å². The van der Waals surface area contributed by atoms with Gasteiger partial charge < -0.3 is 20.5 Å². The topological polar surface area (TPSA) is 123 Å². The molecule has 0 saturated heterocycles. The Balaban J connectivity index is 1.34. The predicted octanol–water partition coefficient (Wildman–Crippen LogP) is 1.87. The molecule has 4 aromatic heterocycles. The van der Waals surface area contributed by atoms with Gasteiger partial charge in [0.2, 0.25) is 0 Å². The number of fused-ring (bicyclic) bond motifs is 2. The van der Waals surface area contributed by atoms with E-state index in [4.69, 9.17) is 5.73 Å². The molecule has 0 bridgehead atoms. The van der Waals surface area contributed by atoms with Gasteiger partial charge in [0.05, 0.1) is 28.6 Å². The highest BCUT2D eigenvalue weighted by molar-refractivity contribution is 5.86. The summed E-state index contributed by atoms with van der Waals surface area (Å²) in [6.07, 6.45) is 7.43. The van der Waals surface area contributed by atoms with Crippen molar-refractivity contribution < 1.29 is 10.2 Å². The lowest BCUT2D eigenvalue weighted by molar-refractivity contribution is 0.00545. The van der Waals surface area contributed by atoms with Crippen LogP contribution in [0.2, 0.25) is 0 Å². The van der Waals surface area contributed by atoms with Crippen LogP contribution < -0.4 is 5.73 Å². The van der Waals surface area contributed by atoms with Crippen molar-refractivity contribution in [1.82, 2.24) is 24.5 Å². The Morgan fingerprint density at radius 2 is 1.97 bits per heavy atom. The van der Waals surface area contributed by atoms with E-state index in [1.807, 2.05) is 41.2 Å². The second kappa shape index (κ2) is 7.06. The fourth-order valence-electron chi connectivity index (χ4n) is 4.40. The molecule has 29 heavy (non-hydrogen) atoms. The molecule has 1 saturated carbocycles. The molecule has 4 aromatic rings. The second-order valence-corrected chi connectivity index (χ2v) is 7.69. The first-order valence-corrected chi connectivity index (χ1v) is 9.74. The Morgan fingerprint density at radius 1 is 1.07 bits per heavy atom. The van der Waals surface area contributed by atoms with Gasteiger partial charge in [-0.3, -0.25) is 9.97 Å². The van der Waals surface area contributed by atoms with E-state index >= 15 is 0 Å². The monoisotopic (exact) mass is 390 g/mol. The number of aliphatic hydroxyl groups excluding tert-OH is 2. The third-order valence-corrected chi connectivity index (χ3v) is 5.98. The van der Waals surface area contributed by atoms with Crippen LogP contribution in [-0.2, 0) is 6.42 Å². The minimum Gasteiger partial charge on any atom is -0.390 e. The molecule has 8 heteroatoms. The van der Waals surface area contributed by atoms with E-state index < -0.39 is 12.2 Å². The molecule has 0 amide bonds. The molecule has 1 aliphatic rings. The van der Waals surface area contributed by atoms with Crippen LogP contribution in [0, 0.1) is 5.92 Å². The summed E-state index contributed by atoms with van der Waals surface area (Å²) in [4.78, 5) is 17.1.